The fourth-order valence-corrected chi connectivity index (χ4v) is 3.74. The third-order valence-electron chi connectivity index (χ3n) is 5.32. The van der Waals surface area contributed by atoms with E-state index in [0.717, 1.165) is 35.2 Å². The van der Waals surface area contributed by atoms with E-state index in [1.54, 1.807) is 10.8 Å². The van der Waals surface area contributed by atoms with Gasteiger partial charge in [0, 0.05) is 47.0 Å². The lowest BCUT2D eigenvalue weighted by Gasteiger charge is -2.17. The topological polar surface area (TPSA) is 75.9 Å². The molecule has 30 heavy (non-hydrogen) atoms. The third kappa shape index (κ3) is 4.20. The molecule has 1 aromatic heterocycles. The number of carbonyl (C=O) groups excluding carboxylic acids is 2. The molecule has 1 aliphatic heterocycles. The molecule has 0 bridgehead atoms. The molecule has 1 N–H and O–H groups in total. The Bertz CT molecular complexity index is 1080. The Kier molecular flexibility index (Phi) is 5.79. The van der Waals surface area contributed by atoms with E-state index in [1.807, 2.05) is 54.7 Å². The standard InChI is InChI=1S/C23H24N4O3/c1-30-22(28)16-27-15-18(20-6-2-3-7-21(20)27)14-24-25-23(29)17-8-10-19(11-9-17)26-12-4-5-13-26/h2-3,6-11,14-15H,4-5,12-13,16H2,1H3,(H,25,29)/b24-14-. The number of esters is 1. The van der Waals surface area contributed by atoms with Crippen LogP contribution in [0.5, 0.6) is 0 Å². The molecule has 1 aliphatic rings. The number of methoxy groups -OCH3 is 1. The first-order valence-electron chi connectivity index (χ1n) is 9.99. The van der Waals surface area contributed by atoms with Crippen molar-refractivity contribution in [3.05, 3.63) is 65.9 Å². The van der Waals surface area contributed by atoms with Crippen molar-refractivity contribution in [3.63, 3.8) is 0 Å². The van der Waals surface area contributed by atoms with Gasteiger partial charge in [-0.2, -0.15) is 5.10 Å². The normalized spacial score (nSPS) is 13.8. The highest BCUT2D eigenvalue weighted by Gasteiger charge is 2.13. The molecule has 0 unspecified atom stereocenters. The summed E-state index contributed by atoms with van der Waals surface area (Å²) in [5.74, 6) is -0.595. The zero-order valence-electron chi connectivity index (χ0n) is 16.9. The lowest BCUT2D eigenvalue weighted by Crippen LogP contribution is -2.19. The van der Waals surface area contributed by atoms with Crippen molar-refractivity contribution in [1.29, 1.82) is 0 Å². The number of anilines is 1. The van der Waals surface area contributed by atoms with Crippen LogP contribution >= 0.6 is 0 Å². The number of hydrogen-bond acceptors (Lipinski definition) is 5. The monoisotopic (exact) mass is 404 g/mol. The first kappa shape index (κ1) is 19.7. The number of aromatic nitrogens is 1. The molecule has 1 saturated heterocycles. The zero-order valence-corrected chi connectivity index (χ0v) is 16.9. The number of nitrogens with one attached hydrogen (secondary N) is 1. The van der Waals surface area contributed by atoms with Gasteiger partial charge in [-0.3, -0.25) is 9.59 Å². The van der Waals surface area contributed by atoms with Crippen molar-refractivity contribution in [2.45, 2.75) is 19.4 Å². The maximum atomic E-state index is 12.4. The number of carbonyl (C=O) groups is 2. The second-order valence-electron chi connectivity index (χ2n) is 7.25. The Hall–Kier alpha value is -3.61. The van der Waals surface area contributed by atoms with Gasteiger partial charge in [0.15, 0.2) is 0 Å². The summed E-state index contributed by atoms with van der Waals surface area (Å²) in [6, 6.07) is 15.3. The highest BCUT2D eigenvalue weighted by molar-refractivity contribution is 6.01. The summed E-state index contributed by atoms with van der Waals surface area (Å²) in [6.07, 6.45) is 5.84. The molecule has 0 spiro atoms. The number of fused-ring (bicyclic) bond motifs is 1. The van der Waals surface area contributed by atoms with E-state index in [9.17, 15) is 9.59 Å². The van der Waals surface area contributed by atoms with Gasteiger partial charge in [0.25, 0.3) is 5.91 Å². The maximum absolute atomic E-state index is 12.4. The van der Waals surface area contributed by atoms with Crippen molar-refractivity contribution in [2.75, 3.05) is 25.1 Å². The van der Waals surface area contributed by atoms with Gasteiger partial charge in [-0.1, -0.05) is 18.2 Å². The van der Waals surface area contributed by atoms with Crippen LogP contribution in [0, 0.1) is 0 Å². The van der Waals surface area contributed by atoms with E-state index in [2.05, 4.69) is 15.4 Å². The highest BCUT2D eigenvalue weighted by atomic mass is 16.5. The fourth-order valence-electron chi connectivity index (χ4n) is 3.74. The van der Waals surface area contributed by atoms with Crippen LogP contribution in [0.1, 0.15) is 28.8 Å². The van der Waals surface area contributed by atoms with Gasteiger partial charge in [0.1, 0.15) is 6.54 Å². The molecule has 4 rings (SSSR count). The van der Waals surface area contributed by atoms with Crippen LogP contribution in [-0.4, -0.2) is 42.9 Å². The highest BCUT2D eigenvalue weighted by Crippen LogP contribution is 2.21. The second kappa shape index (κ2) is 8.82. The molecule has 0 radical (unpaired) electrons. The molecular formula is C23H24N4O3. The van der Waals surface area contributed by atoms with Crippen LogP contribution in [0.15, 0.2) is 59.8 Å². The van der Waals surface area contributed by atoms with Crippen LogP contribution in [0.3, 0.4) is 0 Å². The lowest BCUT2D eigenvalue weighted by molar-refractivity contribution is -0.141. The van der Waals surface area contributed by atoms with Crippen molar-refractivity contribution >= 4 is 34.7 Å². The Balaban J connectivity index is 1.45. The summed E-state index contributed by atoms with van der Waals surface area (Å²) in [6.45, 7) is 2.25. The second-order valence-corrected chi connectivity index (χ2v) is 7.25. The minimum Gasteiger partial charge on any atom is -0.468 e. The number of ether oxygens (including phenoxy) is 1. The first-order chi connectivity index (χ1) is 14.7. The predicted molar refractivity (Wildman–Crippen MR) is 117 cm³/mol. The Morgan fingerprint density at radius 2 is 1.83 bits per heavy atom. The summed E-state index contributed by atoms with van der Waals surface area (Å²) in [7, 11) is 1.36. The van der Waals surface area contributed by atoms with Crippen LogP contribution in [0.4, 0.5) is 5.69 Å². The van der Waals surface area contributed by atoms with Crippen LogP contribution in [0.25, 0.3) is 10.9 Å². The zero-order chi connectivity index (χ0) is 20.9. The van der Waals surface area contributed by atoms with Crippen molar-refractivity contribution in [1.82, 2.24) is 9.99 Å². The number of hydrogen-bond donors (Lipinski definition) is 1. The Morgan fingerprint density at radius 1 is 1.10 bits per heavy atom. The number of nitrogens with zero attached hydrogens (tertiary/aromatic N) is 3. The number of para-hydroxylation sites is 1. The van der Waals surface area contributed by atoms with Gasteiger partial charge in [0.05, 0.1) is 13.3 Å². The molecule has 2 aromatic carbocycles. The van der Waals surface area contributed by atoms with E-state index in [4.69, 9.17) is 4.74 Å². The third-order valence-corrected chi connectivity index (χ3v) is 5.32. The number of benzene rings is 2. The van der Waals surface area contributed by atoms with Crippen LogP contribution < -0.4 is 10.3 Å². The molecule has 7 heteroatoms. The molecule has 154 valence electrons. The molecular weight excluding hydrogens is 380 g/mol. The maximum Gasteiger partial charge on any atom is 0.325 e. The average molecular weight is 404 g/mol. The first-order valence-corrected chi connectivity index (χ1v) is 9.99. The van der Waals surface area contributed by atoms with E-state index in [1.165, 1.54) is 20.0 Å². The number of hydrazone groups is 1. The summed E-state index contributed by atoms with van der Waals surface area (Å²) in [5, 5.41) is 5.06. The molecule has 0 aliphatic carbocycles. The summed E-state index contributed by atoms with van der Waals surface area (Å²) in [4.78, 5) is 26.4. The minimum atomic E-state index is -0.329. The lowest BCUT2D eigenvalue weighted by atomic mass is 10.2. The summed E-state index contributed by atoms with van der Waals surface area (Å²) in [5.41, 5.74) is 5.98. The molecule has 1 fully saturated rings. The van der Waals surface area contributed by atoms with E-state index in [0.29, 0.717) is 5.56 Å². The van der Waals surface area contributed by atoms with Gasteiger partial charge in [-0.05, 0) is 43.2 Å². The quantitative estimate of drug-likeness (QED) is 0.389. The van der Waals surface area contributed by atoms with Gasteiger partial charge in [-0.25, -0.2) is 5.43 Å². The van der Waals surface area contributed by atoms with Crippen molar-refractivity contribution < 1.29 is 14.3 Å². The number of rotatable bonds is 6. The van der Waals surface area contributed by atoms with Crippen LogP contribution in [-0.2, 0) is 16.1 Å². The minimum absolute atomic E-state index is 0.112. The van der Waals surface area contributed by atoms with Crippen LogP contribution in [0.2, 0.25) is 0 Å². The van der Waals surface area contributed by atoms with Gasteiger partial charge < -0.3 is 14.2 Å². The van der Waals surface area contributed by atoms with Crippen molar-refractivity contribution in [3.8, 4) is 0 Å². The predicted octanol–water partition coefficient (Wildman–Crippen LogP) is 3.18. The number of amides is 1. The molecule has 0 atom stereocenters. The van der Waals surface area contributed by atoms with Gasteiger partial charge in [-0.15, -0.1) is 0 Å². The van der Waals surface area contributed by atoms with E-state index >= 15 is 0 Å². The van der Waals surface area contributed by atoms with E-state index < -0.39 is 0 Å². The van der Waals surface area contributed by atoms with Crippen molar-refractivity contribution in [2.24, 2.45) is 5.10 Å². The molecule has 7 nitrogen and oxygen atoms in total. The Morgan fingerprint density at radius 3 is 2.57 bits per heavy atom. The largest absolute Gasteiger partial charge is 0.468 e. The van der Waals surface area contributed by atoms with Gasteiger partial charge >= 0.3 is 5.97 Å². The molecule has 1 amide bonds. The summed E-state index contributed by atoms with van der Waals surface area (Å²) < 4.78 is 6.57. The van der Waals surface area contributed by atoms with Gasteiger partial charge in [0.2, 0.25) is 0 Å². The molecule has 3 aromatic rings. The summed E-state index contributed by atoms with van der Waals surface area (Å²) >= 11 is 0. The molecule has 2 heterocycles. The Labute approximate surface area is 174 Å². The SMILES string of the molecule is COC(=O)Cn1cc(/C=N\NC(=O)c2ccc(N3CCCC3)cc2)c2ccccc21. The fraction of sp³-hybridized carbons (Fsp3) is 0.261. The average Bonchev–Trinajstić information content (AvgIpc) is 3.43. The smallest absolute Gasteiger partial charge is 0.325 e. The van der Waals surface area contributed by atoms with E-state index in [-0.39, 0.29) is 18.4 Å². The molecule has 0 saturated carbocycles.